The summed E-state index contributed by atoms with van der Waals surface area (Å²) in [7, 11) is 1.83. The van der Waals surface area contributed by atoms with Crippen LogP contribution in [0.1, 0.15) is 35.7 Å². The summed E-state index contributed by atoms with van der Waals surface area (Å²) < 4.78 is 5.71. The molecule has 2 rings (SSSR count). The zero-order valence-corrected chi connectivity index (χ0v) is 11.8. The van der Waals surface area contributed by atoms with Gasteiger partial charge in [-0.3, -0.25) is 10.5 Å². The first kappa shape index (κ1) is 13.4. The molecule has 6 nitrogen and oxygen atoms in total. The molecule has 1 atom stereocenters. The average molecular weight is 287 g/mol. The van der Waals surface area contributed by atoms with Crippen molar-refractivity contribution in [2.24, 2.45) is 12.9 Å². The second kappa shape index (κ2) is 5.75. The average Bonchev–Trinajstić information content (AvgIpc) is 2.92. The Bertz CT molecular complexity index is 503. The van der Waals surface area contributed by atoms with Gasteiger partial charge in [-0.05, 0) is 18.0 Å². The highest BCUT2D eigenvalue weighted by Gasteiger charge is 2.24. The van der Waals surface area contributed by atoms with Crippen molar-refractivity contribution in [2.75, 3.05) is 0 Å². The molecule has 0 aromatic carbocycles. The normalized spacial score (nSPS) is 12.9. The topological polar surface area (TPSA) is 81.7 Å². The Morgan fingerprint density at radius 2 is 2.39 bits per heavy atom. The lowest BCUT2D eigenvalue weighted by Crippen LogP contribution is -2.30. The van der Waals surface area contributed by atoms with Gasteiger partial charge in [0.05, 0.1) is 27.5 Å². The SMILES string of the molecule is CCCc1nnsc1C(NN)c1c(Cl)cnn1C. The molecular weight excluding hydrogens is 272 g/mol. The molecule has 0 amide bonds. The van der Waals surface area contributed by atoms with Gasteiger partial charge in [0.25, 0.3) is 0 Å². The number of hydrazine groups is 1. The first-order valence-electron chi connectivity index (χ1n) is 5.63. The van der Waals surface area contributed by atoms with E-state index in [2.05, 4.69) is 27.0 Å². The Labute approximate surface area is 114 Å². The van der Waals surface area contributed by atoms with Crippen molar-refractivity contribution in [1.29, 1.82) is 0 Å². The Balaban J connectivity index is 2.42. The molecule has 0 fully saturated rings. The van der Waals surface area contributed by atoms with Gasteiger partial charge in [-0.2, -0.15) is 5.10 Å². The molecule has 98 valence electrons. The summed E-state index contributed by atoms with van der Waals surface area (Å²) in [5.41, 5.74) is 4.56. The lowest BCUT2D eigenvalue weighted by Gasteiger charge is -2.16. The molecule has 0 aliphatic heterocycles. The van der Waals surface area contributed by atoms with E-state index in [1.807, 2.05) is 7.05 Å². The molecule has 3 N–H and O–H groups in total. The number of nitrogens with zero attached hydrogens (tertiary/aromatic N) is 4. The van der Waals surface area contributed by atoms with E-state index in [1.165, 1.54) is 11.5 Å². The molecule has 0 saturated carbocycles. The maximum absolute atomic E-state index is 6.15. The molecule has 0 radical (unpaired) electrons. The third-order valence-electron chi connectivity index (χ3n) is 2.71. The van der Waals surface area contributed by atoms with Crippen molar-refractivity contribution in [3.8, 4) is 0 Å². The van der Waals surface area contributed by atoms with Crippen LogP contribution in [0.25, 0.3) is 0 Å². The van der Waals surface area contributed by atoms with Gasteiger partial charge in [0, 0.05) is 7.05 Å². The summed E-state index contributed by atoms with van der Waals surface area (Å²) in [5.74, 6) is 5.66. The summed E-state index contributed by atoms with van der Waals surface area (Å²) in [6.07, 6.45) is 3.49. The van der Waals surface area contributed by atoms with E-state index in [0.717, 1.165) is 29.1 Å². The molecular formula is C10H15ClN6S. The van der Waals surface area contributed by atoms with Crippen molar-refractivity contribution in [2.45, 2.75) is 25.8 Å². The van der Waals surface area contributed by atoms with Crippen LogP contribution in [0.2, 0.25) is 5.02 Å². The van der Waals surface area contributed by atoms with Gasteiger partial charge in [0.15, 0.2) is 0 Å². The first-order valence-corrected chi connectivity index (χ1v) is 6.78. The maximum atomic E-state index is 6.15. The highest BCUT2D eigenvalue weighted by Crippen LogP contribution is 2.31. The highest BCUT2D eigenvalue weighted by atomic mass is 35.5. The smallest absolute Gasteiger partial charge is 0.102 e. The Morgan fingerprint density at radius 1 is 1.61 bits per heavy atom. The fourth-order valence-electron chi connectivity index (χ4n) is 1.87. The van der Waals surface area contributed by atoms with Gasteiger partial charge >= 0.3 is 0 Å². The number of hydrogen-bond donors (Lipinski definition) is 2. The number of aryl methyl sites for hydroxylation is 2. The van der Waals surface area contributed by atoms with Crippen molar-refractivity contribution < 1.29 is 0 Å². The lowest BCUT2D eigenvalue weighted by atomic mass is 10.1. The highest BCUT2D eigenvalue weighted by molar-refractivity contribution is 7.05. The van der Waals surface area contributed by atoms with Crippen molar-refractivity contribution in [3.63, 3.8) is 0 Å². The third kappa shape index (κ3) is 2.39. The van der Waals surface area contributed by atoms with Crippen molar-refractivity contribution >= 4 is 23.1 Å². The van der Waals surface area contributed by atoms with Crippen LogP contribution in [-0.4, -0.2) is 19.4 Å². The molecule has 2 aromatic rings. The van der Waals surface area contributed by atoms with Crippen LogP contribution >= 0.6 is 23.1 Å². The zero-order valence-electron chi connectivity index (χ0n) is 10.2. The van der Waals surface area contributed by atoms with E-state index in [0.29, 0.717) is 5.02 Å². The summed E-state index contributed by atoms with van der Waals surface area (Å²) in [5, 5.41) is 8.85. The number of nitrogens with one attached hydrogen (secondary N) is 1. The Morgan fingerprint density at radius 3 is 2.94 bits per heavy atom. The van der Waals surface area contributed by atoms with Crippen LogP contribution < -0.4 is 11.3 Å². The van der Waals surface area contributed by atoms with E-state index in [-0.39, 0.29) is 6.04 Å². The van der Waals surface area contributed by atoms with E-state index >= 15 is 0 Å². The van der Waals surface area contributed by atoms with Gasteiger partial charge in [-0.15, -0.1) is 5.10 Å². The lowest BCUT2D eigenvalue weighted by molar-refractivity contribution is 0.576. The Hall–Kier alpha value is -1.02. The third-order valence-corrected chi connectivity index (χ3v) is 3.83. The van der Waals surface area contributed by atoms with Crippen LogP contribution in [0.5, 0.6) is 0 Å². The summed E-state index contributed by atoms with van der Waals surface area (Å²) >= 11 is 7.48. The second-order valence-corrected chi connectivity index (χ2v) is 5.13. The van der Waals surface area contributed by atoms with Crippen LogP contribution in [0.15, 0.2) is 6.20 Å². The van der Waals surface area contributed by atoms with Crippen LogP contribution in [0.4, 0.5) is 0 Å². The minimum atomic E-state index is -0.230. The van der Waals surface area contributed by atoms with Crippen molar-refractivity contribution in [1.82, 2.24) is 24.8 Å². The molecule has 8 heteroatoms. The van der Waals surface area contributed by atoms with Gasteiger partial charge in [0.2, 0.25) is 0 Å². The monoisotopic (exact) mass is 286 g/mol. The molecule has 0 spiro atoms. The standard InChI is InChI=1S/C10H15ClN6S/c1-3-4-7-10(18-16-15-7)8(14-12)9-6(11)5-13-17(9)2/h5,8,14H,3-4,12H2,1-2H3. The number of hydrogen-bond acceptors (Lipinski definition) is 6. The fraction of sp³-hybridized carbons (Fsp3) is 0.500. The molecule has 1 unspecified atom stereocenters. The summed E-state index contributed by atoms with van der Waals surface area (Å²) in [6, 6.07) is -0.230. The fourth-order valence-corrected chi connectivity index (χ4v) is 2.90. The molecule has 0 saturated heterocycles. The number of nitrogens with two attached hydrogens (primary N) is 1. The van der Waals surface area contributed by atoms with Crippen LogP contribution in [-0.2, 0) is 13.5 Å². The van der Waals surface area contributed by atoms with Crippen LogP contribution in [0.3, 0.4) is 0 Å². The predicted molar refractivity (Wildman–Crippen MR) is 71.3 cm³/mol. The molecule has 2 aromatic heterocycles. The predicted octanol–water partition coefficient (Wildman–Crippen LogP) is 1.43. The van der Waals surface area contributed by atoms with Gasteiger partial charge in [-0.25, -0.2) is 5.43 Å². The van der Waals surface area contributed by atoms with E-state index in [9.17, 15) is 0 Å². The van der Waals surface area contributed by atoms with E-state index in [4.69, 9.17) is 17.4 Å². The van der Waals surface area contributed by atoms with Crippen molar-refractivity contribution in [3.05, 3.63) is 27.5 Å². The van der Waals surface area contributed by atoms with Gasteiger partial charge < -0.3 is 0 Å². The summed E-state index contributed by atoms with van der Waals surface area (Å²) in [4.78, 5) is 0.991. The summed E-state index contributed by atoms with van der Waals surface area (Å²) in [6.45, 7) is 2.10. The van der Waals surface area contributed by atoms with E-state index < -0.39 is 0 Å². The largest absolute Gasteiger partial charge is 0.270 e. The first-order chi connectivity index (χ1) is 8.69. The van der Waals surface area contributed by atoms with Gasteiger partial charge in [0.1, 0.15) is 6.04 Å². The van der Waals surface area contributed by atoms with E-state index in [1.54, 1.807) is 10.9 Å². The molecule has 0 bridgehead atoms. The Kier molecular flexibility index (Phi) is 4.28. The maximum Gasteiger partial charge on any atom is 0.102 e. The molecule has 18 heavy (non-hydrogen) atoms. The zero-order chi connectivity index (χ0) is 13.1. The number of aromatic nitrogens is 4. The second-order valence-electron chi connectivity index (χ2n) is 3.93. The number of rotatable bonds is 5. The van der Waals surface area contributed by atoms with Gasteiger partial charge in [-0.1, -0.05) is 29.4 Å². The molecule has 0 aliphatic carbocycles. The molecule has 0 aliphatic rings. The number of halogens is 1. The quantitative estimate of drug-likeness (QED) is 0.642. The minimum absolute atomic E-state index is 0.230. The minimum Gasteiger partial charge on any atom is -0.270 e. The molecule has 2 heterocycles. The van der Waals surface area contributed by atoms with Crippen LogP contribution in [0, 0.1) is 0 Å².